The van der Waals surface area contributed by atoms with E-state index in [0.29, 0.717) is 23.3 Å². The van der Waals surface area contributed by atoms with Gasteiger partial charge in [0.1, 0.15) is 4.88 Å². The molecule has 222 valence electrons. The molecule has 42 heavy (non-hydrogen) atoms. The summed E-state index contributed by atoms with van der Waals surface area (Å²) in [6.07, 6.45) is 4.04. The van der Waals surface area contributed by atoms with E-state index in [0.717, 1.165) is 66.8 Å². The number of thiophene rings is 1. The van der Waals surface area contributed by atoms with Gasteiger partial charge >= 0.3 is 5.97 Å². The number of carbonyl (C=O) groups excluding carboxylic acids is 4. The first-order valence-electron chi connectivity index (χ1n) is 14.3. The number of ether oxygens (including phenoxy) is 1. The first kappa shape index (κ1) is 30.9. The zero-order valence-electron chi connectivity index (χ0n) is 24.0. The van der Waals surface area contributed by atoms with Crippen LogP contribution in [-0.2, 0) is 32.2 Å². The predicted octanol–water partition coefficient (Wildman–Crippen LogP) is 4.18. The minimum atomic E-state index is -0.669. The average Bonchev–Trinajstić information content (AvgIpc) is 3.20. The van der Waals surface area contributed by atoms with Gasteiger partial charge in [-0.1, -0.05) is 60.7 Å². The molecule has 1 fully saturated rings. The standard InChI is InChI=1S/C32H38N4O5S/c1-24-23-42-31(32(40)41-22-29(39)34-19-26-14-8-5-9-15-26)30(24)35-28(38)21-36(16-10-2-3-11-17-36)20-27(37)33-18-25-12-6-4-7-13-25/h4-9,12-15,23H,2-3,10-11,16-22H2,1H3,(H2-,33,34,35,37,38,39,40)/p+1. The predicted molar refractivity (Wildman–Crippen MR) is 163 cm³/mol. The van der Waals surface area contributed by atoms with Crippen molar-refractivity contribution in [2.45, 2.75) is 45.7 Å². The molecule has 10 heteroatoms. The molecular weight excluding hydrogens is 552 g/mol. The van der Waals surface area contributed by atoms with Gasteiger partial charge < -0.3 is 25.2 Å². The molecule has 3 amide bonds. The van der Waals surface area contributed by atoms with Crippen molar-refractivity contribution >= 4 is 40.7 Å². The van der Waals surface area contributed by atoms with Gasteiger partial charge in [-0.15, -0.1) is 11.3 Å². The van der Waals surface area contributed by atoms with Crippen molar-refractivity contribution < 1.29 is 28.4 Å². The third-order valence-electron chi connectivity index (χ3n) is 7.40. The van der Waals surface area contributed by atoms with Crippen molar-refractivity contribution in [1.82, 2.24) is 10.6 Å². The maximum atomic E-state index is 13.4. The fourth-order valence-corrected chi connectivity index (χ4v) is 6.06. The van der Waals surface area contributed by atoms with Crippen LogP contribution in [0.1, 0.15) is 52.0 Å². The molecule has 9 nitrogen and oxygen atoms in total. The van der Waals surface area contributed by atoms with E-state index in [4.69, 9.17) is 4.74 Å². The number of quaternary nitrogens is 1. The molecule has 3 aromatic rings. The molecule has 1 aromatic heterocycles. The van der Waals surface area contributed by atoms with Gasteiger partial charge in [0.05, 0.1) is 18.8 Å². The van der Waals surface area contributed by atoms with E-state index < -0.39 is 18.5 Å². The van der Waals surface area contributed by atoms with Crippen molar-refractivity contribution in [3.05, 3.63) is 87.6 Å². The highest BCUT2D eigenvalue weighted by atomic mass is 32.1. The maximum absolute atomic E-state index is 13.4. The number of aryl methyl sites for hydroxylation is 1. The summed E-state index contributed by atoms with van der Waals surface area (Å²) in [6, 6.07) is 19.2. The molecule has 0 aliphatic carbocycles. The molecule has 0 spiro atoms. The lowest BCUT2D eigenvalue weighted by molar-refractivity contribution is -0.912. The van der Waals surface area contributed by atoms with Crippen LogP contribution in [0.4, 0.5) is 5.69 Å². The first-order chi connectivity index (χ1) is 20.3. The lowest BCUT2D eigenvalue weighted by Crippen LogP contribution is -2.57. The Kier molecular flexibility index (Phi) is 11.2. The fourth-order valence-electron chi connectivity index (χ4n) is 5.17. The zero-order chi connectivity index (χ0) is 29.8. The Morgan fingerprint density at radius 2 is 1.31 bits per heavy atom. The van der Waals surface area contributed by atoms with E-state index in [2.05, 4.69) is 16.0 Å². The zero-order valence-corrected chi connectivity index (χ0v) is 24.8. The van der Waals surface area contributed by atoms with Crippen molar-refractivity contribution in [2.75, 3.05) is 38.1 Å². The molecule has 3 N–H and O–H groups in total. The van der Waals surface area contributed by atoms with Gasteiger partial charge in [-0.2, -0.15) is 0 Å². The number of nitrogens with one attached hydrogen (secondary N) is 3. The van der Waals surface area contributed by atoms with Gasteiger partial charge in [0.15, 0.2) is 19.7 Å². The van der Waals surface area contributed by atoms with Crippen LogP contribution in [0.2, 0.25) is 0 Å². The Bertz CT molecular complexity index is 1350. The summed E-state index contributed by atoms with van der Waals surface area (Å²) >= 11 is 1.16. The number of anilines is 1. The average molecular weight is 592 g/mol. The Morgan fingerprint density at radius 3 is 1.90 bits per heavy atom. The quantitative estimate of drug-likeness (QED) is 0.216. The second-order valence-corrected chi connectivity index (χ2v) is 11.7. The highest BCUT2D eigenvalue weighted by molar-refractivity contribution is 7.12. The van der Waals surface area contributed by atoms with Crippen molar-refractivity contribution in [1.29, 1.82) is 0 Å². The second-order valence-electron chi connectivity index (χ2n) is 10.8. The Labute approximate surface area is 250 Å². The van der Waals surface area contributed by atoms with E-state index in [-0.39, 0.29) is 29.8 Å². The smallest absolute Gasteiger partial charge is 0.350 e. The highest BCUT2D eigenvalue weighted by Gasteiger charge is 2.34. The lowest BCUT2D eigenvalue weighted by atomic mass is 10.2. The monoisotopic (exact) mass is 591 g/mol. The second kappa shape index (κ2) is 15.3. The number of esters is 1. The summed E-state index contributed by atoms with van der Waals surface area (Å²) in [5, 5.41) is 10.4. The highest BCUT2D eigenvalue weighted by Crippen LogP contribution is 2.29. The van der Waals surface area contributed by atoms with E-state index in [9.17, 15) is 19.2 Å². The van der Waals surface area contributed by atoms with Gasteiger partial charge in [0.25, 0.3) is 17.7 Å². The van der Waals surface area contributed by atoms with Crippen molar-refractivity contribution in [3.63, 3.8) is 0 Å². The summed E-state index contributed by atoms with van der Waals surface area (Å²) in [5.74, 6) is -1.43. The third kappa shape index (κ3) is 9.25. The summed E-state index contributed by atoms with van der Waals surface area (Å²) < 4.78 is 5.64. The molecular formula is C32H39N4O5S+. The molecule has 1 aliphatic heterocycles. The van der Waals surface area contributed by atoms with E-state index >= 15 is 0 Å². The molecule has 2 aromatic carbocycles. The van der Waals surface area contributed by atoms with Crippen molar-refractivity contribution in [3.8, 4) is 0 Å². The number of hydrogen-bond acceptors (Lipinski definition) is 6. The number of carbonyl (C=O) groups is 4. The molecule has 2 heterocycles. The molecule has 0 bridgehead atoms. The lowest BCUT2D eigenvalue weighted by Gasteiger charge is -2.36. The summed E-state index contributed by atoms with van der Waals surface area (Å²) in [6.45, 7) is 3.98. The summed E-state index contributed by atoms with van der Waals surface area (Å²) in [4.78, 5) is 51.7. The first-order valence-corrected chi connectivity index (χ1v) is 15.2. The van der Waals surface area contributed by atoms with Gasteiger partial charge in [0, 0.05) is 13.1 Å². The van der Waals surface area contributed by atoms with Crippen LogP contribution in [0.3, 0.4) is 0 Å². The Morgan fingerprint density at radius 1 is 0.762 bits per heavy atom. The summed E-state index contributed by atoms with van der Waals surface area (Å²) in [5.41, 5.74) is 3.08. The molecule has 4 rings (SSSR count). The Balaban J connectivity index is 1.34. The maximum Gasteiger partial charge on any atom is 0.350 e. The van der Waals surface area contributed by atoms with Gasteiger partial charge in [-0.25, -0.2) is 4.79 Å². The third-order valence-corrected chi connectivity index (χ3v) is 8.47. The molecule has 0 atom stereocenters. The largest absolute Gasteiger partial charge is 0.451 e. The van der Waals surface area contributed by atoms with E-state index in [1.807, 2.05) is 67.6 Å². The number of hydrogen-bond donors (Lipinski definition) is 3. The van der Waals surface area contributed by atoms with E-state index in [1.54, 1.807) is 5.38 Å². The number of amides is 3. The molecule has 0 radical (unpaired) electrons. The van der Waals surface area contributed by atoms with Crippen molar-refractivity contribution in [2.24, 2.45) is 0 Å². The molecule has 0 saturated carbocycles. The molecule has 1 aliphatic rings. The molecule has 0 unspecified atom stereocenters. The number of benzene rings is 2. The van der Waals surface area contributed by atoms with Crippen LogP contribution in [-0.4, -0.2) is 61.0 Å². The normalized spacial score (nSPS) is 14.3. The van der Waals surface area contributed by atoms with E-state index in [1.165, 1.54) is 0 Å². The van der Waals surface area contributed by atoms with Crippen LogP contribution in [0.25, 0.3) is 0 Å². The number of rotatable bonds is 12. The van der Waals surface area contributed by atoms with Crippen LogP contribution in [0.15, 0.2) is 66.0 Å². The number of likely N-dealkylation sites (tertiary alicyclic amines) is 1. The van der Waals surface area contributed by atoms with Crippen LogP contribution >= 0.6 is 11.3 Å². The number of nitrogens with zero attached hydrogens (tertiary/aromatic N) is 1. The minimum absolute atomic E-state index is 0.0879. The van der Waals surface area contributed by atoms with Gasteiger partial charge in [-0.3, -0.25) is 14.4 Å². The van der Waals surface area contributed by atoms with Gasteiger partial charge in [0.2, 0.25) is 0 Å². The van der Waals surface area contributed by atoms with Crippen LogP contribution in [0.5, 0.6) is 0 Å². The Hall–Kier alpha value is -4.02. The van der Waals surface area contributed by atoms with Gasteiger partial charge in [-0.05, 0) is 54.7 Å². The summed E-state index contributed by atoms with van der Waals surface area (Å²) in [7, 11) is 0. The van der Waals surface area contributed by atoms with Crippen LogP contribution in [0, 0.1) is 6.92 Å². The fraction of sp³-hybridized carbons (Fsp3) is 0.375. The topological polar surface area (TPSA) is 114 Å². The minimum Gasteiger partial charge on any atom is -0.451 e. The molecule has 1 saturated heterocycles. The SMILES string of the molecule is Cc1csc(C(=O)OCC(=O)NCc2ccccc2)c1NC(=O)C[N+]1(CC(=O)NCc2ccccc2)CCCCCC1. The van der Waals surface area contributed by atoms with Crippen LogP contribution < -0.4 is 16.0 Å².